The molecule has 3 nitrogen and oxygen atoms in total. The van der Waals surface area contributed by atoms with Crippen molar-refractivity contribution < 1.29 is 14.2 Å². The summed E-state index contributed by atoms with van der Waals surface area (Å²) in [6.07, 6.45) is 0. The first-order valence-corrected chi connectivity index (χ1v) is 7.36. The Bertz CT molecular complexity index is 617. The van der Waals surface area contributed by atoms with Gasteiger partial charge in [0.05, 0.1) is 5.02 Å². The molecule has 0 spiro atoms. The van der Waals surface area contributed by atoms with E-state index in [4.69, 9.17) is 32.8 Å². The number of benzene rings is 2. The summed E-state index contributed by atoms with van der Waals surface area (Å²) in [7, 11) is -2.34. The Kier molecular flexibility index (Phi) is 4.78. The molecular weight excluding hydrogens is 306 g/mol. The summed E-state index contributed by atoms with van der Waals surface area (Å²) in [4.78, 5) is 9.04. The van der Waals surface area contributed by atoms with E-state index in [-0.39, 0.29) is 6.61 Å². The van der Waals surface area contributed by atoms with Gasteiger partial charge in [-0.1, -0.05) is 35.3 Å². The second-order valence-electron chi connectivity index (χ2n) is 3.81. The van der Waals surface area contributed by atoms with Crippen LogP contribution in [0.3, 0.4) is 0 Å². The van der Waals surface area contributed by atoms with Crippen molar-refractivity contribution in [3.05, 3.63) is 58.1 Å². The van der Waals surface area contributed by atoms with E-state index in [0.717, 1.165) is 5.56 Å². The van der Waals surface area contributed by atoms with Crippen molar-refractivity contribution in [2.75, 3.05) is 0 Å². The van der Waals surface area contributed by atoms with E-state index in [0.29, 0.717) is 21.1 Å². The topological polar surface area (TPSA) is 46.5 Å². The van der Waals surface area contributed by atoms with E-state index in [1.165, 1.54) is 0 Å². The van der Waals surface area contributed by atoms with Gasteiger partial charge in [0.25, 0.3) is 0 Å². The molecule has 0 heterocycles. The third kappa shape index (κ3) is 3.92. The number of halogens is 2. The van der Waals surface area contributed by atoms with Gasteiger partial charge >= 0.3 is 8.03 Å². The van der Waals surface area contributed by atoms with Gasteiger partial charge in [-0.3, -0.25) is 0 Å². The standard InChI is InChI=1S/C13H9Cl2O3P/c14-10-4-5-13(12(15)7-10)18-8-9-2-1-3-11(6-9)19(16)17/h1-7H,8H2/p+1. The first kappa shape index (κ1) is 14.3. The Balaban J connectivity index is 2.10. The van der Waals surface area contributed by atoms with Crippen LogP contribution >= 0.6 is 31.2 Å². The first-order chi connectivity index (χ1) is 9.06. The van der Waals surface area contributed by atoms with Crippen LogP contribution in [0.25, 0.3) is 0 Å². The van der Waals surface area contributed by atoms with Crippen LogP contribution in [0.4, 0.5) is 0 Å². The van der Waals surface area contributed by atoms with E-state index >= 15 is 0 Å². The number of ether oxygens (including phenoxy) is 1. The molecule has 0 saturated carbocycles. The van der Waals surface area contributed by atoms with Crippen molar-refractivity contribution >= 4 is 36.5 Å². The number of rotatable bonds is 4. The molecule has 0 bridgehead atoms. The highest BCUT2D eigenvalue weighted by molar-refractivity contribution is 7.47. The van der Waals surface area contributed by atoms with Gasteiger partial charge in [0, 0.05) is 11.1 Å². The van der Waals surface area contributed by atoms with Crippen molar-refractivity contribution in [2.45, 2.75) is 6.61 Å². The zero-order valence-corrected chi connectivity index (χ0v) is 12.1. The van der Waals surface area contributed by atoms with Crippen molar-refractivity contribution in [1.82, 2.24) is 0 Å². The minimum atomic E-state index is -2.34. The van der Waals surface area contributed by atoms with E-state index < -0.39 is 8.03 Å². The predicted molar refractivity (Wildman–Crippen MR) is 76.7 cm³/mol. The molecule has 19 heavy (non-hydrogen) atoms. The lowest BCUT2D eigenvalue weighted by Gasteiger charge is -2.08. The lowest BCUT2D eigenvalue weighted by atomic mass is 10.2. The second kappa shape index (κ2) is 6.36. The second-order valence-corrected chi connectivity index (χ2v) is 5.71. The van der Waals surface area contributed by atoms with Crippen molar-refractivity contribution in [1.29, 1.82) is 0 Å². The lowest BCUT2D eigenvalue weighted by Crippen LogP contribution is -2.01. The zero-order valence-electron chi connectivity index (χ0n) is 9.72. The van der Waals surface area contributed by atoms with Crippen LogP contribution in [0.2, 0.25) is 10.0 Å². The maximum absolute atomic E-state index is 11.0. The SMILES string of the molecule is O=[P+](O)c1cccc(COc2ccc(Cl)cc2Cl)c1. The van der Waals surface area contributed by atoms with E-state index in [9.17, 15) is 4.57 Å². The molecule has 0 aliphatic heterocycles. The maximum Gasteiger partial charge on any atom is 0.546 e. The fourth-order valence-corrected chi connectivity index (χ4v) is 2.47. The van der Waals surface area contributed by atoms with Gasteiger partial charge in [-0.05, 0) is 34.4 Å². The molecule has 1 N–H and O–H groups in total. The molecule has 0 aromatic heterocycles. The zero-order chi connectivity index (χ0) is 13.8. The molecule has 0 amide bonds. The normalized spacial score (nSPS) is 11.2. The monoisotopic (exact) mass is 315 g/mol. The number of hydrogen-bond acceptors (Lipinski definition) is 2. The van der Waals surface area contributed by atoms with Gasteiger partial charge in [0.15, 0.2) is 0 Å². The summed E-state index contributed by atoms with van der Waals surface area (Å²) >= 11 is 11.8. The van der Waals surface area contributed by atoms with E-state index in [2.05, 4.69) is 0 Å². The Morgan fingerprint density at radius 3 is 2.63 bits per heavy atom. The molecule has 2 rings (SSSR count). The van der Waals surface area contributed by atoms with Crippen LogP contribution in [-0.4, -0.2) is 4.89 Å². The third-order valence-corrected chi connectivity index (χ3v) is 3.67. The molecule has 1 unspecified atom stereocenters. The van der Waals surface area contributed by atoms with E-state index in [1.807, 2.05) is 6.07 Å². The Labute approximate surface area is 121 Å². The Morgan fingerprint density at radius 2 is 1.95 bits per heavy atom. The molecule has 2 aromatic carbocycles. The molecule has 6 heteroatoms. The summed E-state index contributed by atoms with van der Waals surface area (Å²) in [5.41, 5.74) is 0.793. The summed E-state index contributed by atoms with van der Waals surface area (Å²) < 4.78 is 16.5. The van der Waals surface area contributed by atoms with Crippen LogP contribution < -0.4 is 10.0 Å². The largest absolute Gasteiger partial charge is 0.546 e. The fourth-order valence-electron chi connectivity index (χ4n) is 1.52. The highest BCUT2D eigenvalue weighted by Crippen LogP contribution is 2.28. The molecular formula is C13H10Cl2O3P+. The third-order valence-electron chi connectivity index (χ3n) is 2.42. The van der Waals surface area contributed by atoms with Crippen molar-refractivity contribution in [2.24, 2.45) is 0 Å². The van der Waals surface area contributed by atoms with Crippen LogP contribution in [0, 0.1) is 0 Å². The van der Waals surface area contributed by atoms with Crippen LogP contribution in [-0.2, 0) is 11.2 Å². The van der Waals surface area contributed by atoms with Crippen molar-refractivity contribution in [3.8, 4) is 5.75 Å². The van der Waals surface area contributed by atoms with Crippen molar-refractivity contribution in [3.63, 3.8) is 0 Å². The van der Waals surface area contributed by atoms with Gasteiger partial charge in [-0.15, -0.1) is 0 Å². The number of hydrogen-bond donors (Lipinski definition) is 1. The summed E-state index contributed by atoms with van der Waals surface area (Å²) in [5, 5.41) is 1.34. The van der Waals surface area contributed by atoms with Gasteiger partial charge < -0.3 is 4.74 Å². The maximum atomic E-state index is 11.0. The molecule has 2 aromatic rings. The van der Waals surface area contributed by atoms with Gasteiger partial charge in [0.2, 0.25) is 5.30 Å². The fraction of sp³-hybridized carbons (Fsp3) is 0.0769. The minimum absolute atomic E-state index is 0.262. The summed E-state index contributed by atoms with van der Waals surface area (Å²) in [6.45, 7) is 0.262. The highest BCUT2D eigenvalue weighted by Gasteiger charge is 2.15. The average Bonchev–Trinajstić information content (AvgIpc) is 2.38. The van der Waals surface area contributed by atoms with Crippen LogP contribution in [0.1, 0.15) is 5.56 Å². The quantitative estimate of drug-likeness (QED) is 0.869. The minimum Gasteiger partial charge on any atom is -0.487 e. The first-order valence-electron chi connectivity index (χ1n) is 5.39. The summed E-state index contributed by atoms with van der Waals surface area (Å²) in [5.74, 6) is 0.518. The Hall–Kier alpha value is -1.12. The molecule has 0 saturated heterocycles. The van der Waals surface area contributed by atoms with Crippen LogP contribution in [0.15, 0.2) is 42.5 Å². The average molecular weight is 316 g/mol. The van der Waals surface area contributed by atoms with E-state index in [1.54, 1.807) is 36.4 Å². The molecule has 0 aliphatic rings. The smallest absolute Gasteiger partial charge is 0.487 e. The molecule has 98 valence electrons. The lowest BCUT2D eigenvalue weighted by molar-refractivity contribution is 0.306. The summed E-state index contributed by atoms with van der Waals surface area (Å²) in [6, 6.07) is 11.7. The van der Waals surface area contributed by atoms with Gasteiger partial charge in [-0.25, -0.2) is 0 Å². The predicted octanol–water partition coefficient (Wildman–Crippen LogP) is 3.93. The van der Waals surface area contributed by atoms with Crippen LogP contribution in [0.5, 0.6) is 5.75 Å². The molecule has 0 fully saturated rings. The van der Waals surface area contributed by atoms with Gasteiger partial charge in [0.1, 0.15) is 12.4 Å². The Morgan fingerprint density at radius 1 is 1.16 bits per heavy atom. The molecule has 0 radical (unpaired) electrons. The molecule has 1 atom stereocenters. The highest BCUT2D eigenvalue weighted by atomic mass is 35.5. The molecule has 0 aliphatic carbocycles. The van der Waals surface area contributed by atoms with Gasteiger partial charge in [-0.2, -0.15) is 4.89 Å².